The molecule has 33 heavy (non-hydrogen) atoms. The van der Waals surface area contributed by atoms with Crippen molar-refractivity contribution in [3.05, 3.63) is 71.7 Å². The normalized spacial score (nSPS) is 13.8. The first kappa shape index (κ1) is 22.6. The number of hydrogen-bond donors (Lipinski definition) is 1. The van der Waals surface area contributed by atoms with E-state index in [1.807, 2.05) is 56.3 Å². The molecule has 1 N–H and O–H groups in total. The van der Waals surface area contributed by atoms with Crippen molar-refractivity contribution in [3.8, 4) is 23.1 Å². The van der Waals surface area contributed by atoms with Gasteiger partial charge in [-0.1, -0.05) is 6.07 Å². The van der Waals surface area contributed by atoms with Crippen molar-refractivity contribution in [1.82, 2.24) is 15.3 Å². The number of amides is 1. The van der Waals surface area contributed by atoms with Crippen molar-refractivity contribution in [2.75, 3.05) is 6.61 Å². The number of hydrogen-bond acceptors (Lipinski definition) is 6. The molecular weight excluding hydrogens is 418 g/mol. The molecule has 2 aromatic heterocycles. The van der Waals surface area contributed by atoms with E-state index >= 15 is 0 Å². The Hall–Kier alpha value is -3.61. The molecule has 1 amide bonds. The van der Waals surface area contributed by atoms with Gasteiger partial charge in [0.1, 0.15) is 23.9 Å². The number of aromatic nitrogens is 2. The first-order chi connectivity index (χ1) is 16.0. The zero-order valence-corrected chi connectivity index (χ0v) is 19.2. The lowest BCUT2D eigenvalue weighted by atomic mass is 10.1. The Morgan fingerprint density at radius 1 is 1.06 bits per heavy atom. The van der Waals surface area contributed by atoms with E-state index in [1.165, 1.54) is 19.8 Å². The lowest BCUT2D eigenvalue weighted by molar-refractivity contribution is -0.119. The van der Waals surface area contributed by atoms with Crippen LogP contribution in [0.1, 0.15) is 49.6 Å². The minimum atomic E-state index is -0.109. The van der Waals surface area contributed by atoms with E-state index in [0.29, 0.717) is 29.9 Å². The van der Waals surface area contributed by atoms with E-state index in [4.69, 9.17) is 14.2 Å². The summed E-state index contributed by atoms with van der Waals surface area (Å²) in [6.07, 6.45) is 5.91. The summed E-state index contributed by atoms with van der Waals surface area (Å²) in [7, 11) is 0. The minimum absolute atomic E-state index is 0.0754. The van der Waals surface area contributed by atoms with E-state index in [0.717, 1.165) is 29.2 Å². The van der Waals surface area contributed by atoms with Crippen LogP contribution in [0.3, 0.4) is 0 Å². The van der Waals surface area contributed by atoms with Crippen LogP contribution in [0, 0.1) is 12.8 Å². The number of rotatable bonds is 10. The monoisotopic (exact) mass is 447 g/mol. The number of ether oxygens (including phenoxy) is 3. The Labute approximate surface area is 194 Å². The first-order valence-corrected chi connectivity index (χ1v) is 11.2. The predicted molar refractivity (Wildman–Crippen MR) is 125 cm³/mol. The van der Waals surface area contributed by atoms with Gasteiger partial charge in [-0.2, -0.15) is 0 Å². The Morgan fingerprint density at radius 3 is 2.58 bits per heavy atom. The molecule has 4 rings (SSSR count). The van der Waals surface area contributed by atoms with Crippen LogP contribution in [-0.2, 0) is 11.4 Å². The molecule has 0 aliphatic heterocycles. The maximum Gasteiger partial charge on any atom is 0.217 e. The summed E-state index contributed by atoms with van der Waals surface area (Å²) in [6.45, 7) is 6.41. The summed E-state index contributed by atoms with van der Waals surface area (Å²) in [5.41, 5.74) is 2.59. The highest BCUT2D eigenvalue weighted by Crippen LogP contribution is 2.31. The van der Waals surface area contributed by atoms with Crippen molar-refractivity contribution in [2.24, 2.45) is 5.92 Å². The molecule has 3 aromatic rings. The zero-order chi connectivity index (χ0) is 23.2. The van der Waals surface area contributed by atoms with Crippen molar-refractivity contribution in [3.63, 3.8) is 0 Å². The Kier molecular flexibility index (Phi) is 7.07. The molecule has 1 aromatic carbocycles. The van der Waals surface area contributed by atoms with Crippen LogP contribution < -0.4 is 19.5 Å². The highest BCUT2D eigenvalue weighted by molar-refractivity contribution is 5.73. The third kappa shape index (κ3) is 6.68. The number of carbonyl (C=O) groups is 1. The van der Waals surface area contributed by atoms with Gasteiger partial charge in [0.2, 0.25) is 11.8 Å². The van der Waals surface area contributed by atoms with E-state index in [2.05, 4.69) is 15.3 Å². The van der Waals surface area contributed by atoms with Crippen LogP contribution in [0.2, 0.25) is 0 Å². The molecule has 1 aliphatic rings. The topological polar surface area (TPSA) is 82.6 Å². The SMILES string of the molecule is CC(=O)NC(C)c1cnc(OCc2ccc(Oc3cccc(OCC4CC4)c3)cn2)c(C)c1. The summed E-state index contributed by atoms with van der Waals surface area (Å²) >= 11 is 0. The third-order valence-corrected chi connectivity index (χ3v) is 5.35. The van der Waals surface area contributed by atoms with Crippen LogP contribution in [0.4, 0.5) is 0 Å². The number of pyridine rings is 2. The van der Waals surface area contributed by atoms with E-state index in [-0.39, 0.29) is 11.9 Å². The van der Waals surface area contributed by atoms with Crippen LogP contribution in [0.25, 0.3) is 0 Å². The van der Waals surface area contributed by atoms with E-state index in [1.54, 1.807) is 12.4 Å². The molecule has 0 radical (unpaired) electrons. The fourth-order valence-corrected chi connectivity index (χ4v) is 3.32. The van der Waals surface area contributed by atoms with Gasteiger partial charge >= 0.3 is 0 Å². The Morgan fingerprint density at radius 2 is 1.88 bits per heavy atom. The van der Waals surface area contributed by atoms with Crippen LogP contribution >= 0.6 is 0 Å². The fraction of sp³-hybridized carbons (Fsp3) is 0.346. The molecule has 7 heteroatoms. The van der Waals surface area contributed by atoms with E-state index in [9.17, 15) is 4.79 Å². The first-order valence-electron chi connectivity index (χ1n) is 11.2. The van der Waals surface area contributed by atoms with Gasteiger partial charge in [0, 0.05) is 24.8 Å². The second kappa shape index (κ2) is 10.3. The fourth-order valence-electron chi connectivity index (χ4n) is 3.32. The van der Waals surface area contributed by atoms with Gasteiger partial charge in [-0.25, -0.2) is 4.98 Å². The predicted octanol–water partition coefficient (Wildman–Crippen LogP) is 5.14. The summed E-state index contributed by atoms with van der Waals surface area (Å²) in [5.74, 6) is 3.34. The summed E-state index contributed by atoms with van der Waals surface area (Å²) in [4.78, 5) is 20.1. The molecule has 7 nitrogen and oxygen atoms in total. The smallest absolute Gasteiger partial charge is 0.217 e. The van der Waals surface area contributed by atoms with E-state index < -0.39 is 0 Å². The highest BCUT2D eigenvalue weighted by Gasteiger charge is 2.21. The van der Waals surface area contributed by atoms with Crippen molar-refractivity contribution in [1.29, 1.82) is 0 Å². The van der Waals surface area contributed by atoms with Gasteiger partial charge in [-0.3, -0.25) is 9.78 Å². The summed E-state index contributed by atoms with van der Waals surface area (Å²) in [5, 5.41) is 2.85. The van der Waals surface area contributed by atoms with Gasteiger partial charge in [0.05, 0.1) is 24.5 Å². The van der Waals surface area contributed by atoms with Gasteiger partial charge in [-0.05, 0) is 68.5 Å². The Balaban J connectivity index is 1.31. The van der Waals surface area contributed by atoms with Crippen LogP contribution in [0.15, 0.2) is 54.9 Å². The lowest BCUT2D eigenvalue weighted by Gasteiger charge is -2.15. The molecular formula is C26H29N3O4. The average Bonchev–Trinajstić information content (AvgIpc) is 3.62. The van der Waals surface area contributed by atoms with Crippen LogP contribution in [0.5, 0.6) is 23.1 Å². The summed E-state index contributed by atoms with van der Waals surface area (Å²) in [6, 6.07) is 13.2. The molecule has 0 bridgehead atoms. The molecule has 1 fully saturated rings. The standard InChI is InChI=1S/C26H29N3O4/c1-17-11-21(18(2)29-19(3)30)13-28-26(17)32-16-22-9-10-25(14-27-22)33-24-6-4-5-23(12-24)31-15-20-7-8-20/h4-6,9-14,18,20H,7-8,15-16H2,1-3H3,(H,29,30). The quantitative estimate of drug-likeness (QED) is 0.463. The number of nitrogens with zero attached hydrogens (tertiary/aromatic N) is 2. The molecule has 1 unspecified atom stereocenters. The Bertz CT molecular complexity index is 1100. The maximum absolute atomic E-state index is 11.3. The molecule has 1 aliphatic carbocycles. The van der Waals surface area contributed by atoms with Crippen molar-refractivity contribution >= 4 is 5.91 Å². The largest absolute Gasteiger partial charge is 0.493 e. The molecule has 2 heterocycles. The lowest BCUT2D eigenvalue weighted by Crippen LogP contribution is -2.23. The second-order valence-electron chi connectivity index (χ2n) is 8.42. The van der Waals surface area contributed by atoms with Crippen molar-refractivity contribution < 1.29 is 19.0 Å². The van der Waals surface area contributed by atoms with Gasteiger partial charge in [0.25, 0.3) is 0 Å². The van der Waals surface area contributed by atoms with Gasteiger partial charge in [0.15, 0.2) is 0 Å². The molecule has 0 saturated heterocycles. The highest BCUT2D eigenvalue weighted by atomic mass is 16.5. The molecule has 172 valence electrons. The number of aryl methyl sites for hydroxylation is 1. The third-order valence-electron chi connectivity index (χ3n) is 5.35. The number of benzene rings is 1. The molecule has 1 saturated carbocycles. The average molecular weight is 448 g/mol. The van der Waals surface area contributed by atoms with Crippen LogP contribution in [-0.4, -0.2) is 22.5 Å². The number of carbonyl (C=O) groups excluding carboxylic acids is 1. The maximum atomic E-state index is 11.3. The van der Waals surface area contributed by atoms with Gasteiger partial charge < -0.3 is 19.5 Å². The van der Waals surface area contributed by atoms with Gasteiger partial charge in [-0.15, -0.1) is 0 Å². The minimum Gasteiger partial charge on any atom is -0.493 e. The second-order valence-corrected chi connectivity index (χ2v) is 8.42. The number of nitrogens with one attached hydrogen (secondary N) is 1. The summed E-state index contributed by atoms with van der Waals surface area (Å²) < 4.78 is 17.6. The molecule has 0 spiro atoms. The zero-order valence-electron chi connectivity index (χ0n) is 19.2. The van der Waals surface area contributed by atoms with Crippen molar-refractivity contribution in [2.45, 2.75) is 46.3 Å². The molecule has 1 atom stereocenters.